The van der Waals surface area contributed by atoms with Crippen molar-refractivity contribution in [2.75, 3.05) is 18.0 Å². The van der Waals surface area contributed by atoms with E-state index in [0.29, 0.717) is 0 Å². The highest BCUT2D eigenvalue weighted by Gasteiger charge is 2.06. The molecule has 15 heavy (non-hydrogen) atoms. The summed E-state index contributed by atoms with van der Waals surface area (Å²) in [6, 6.07) is 4.50. The molecule has 0 bridgehead atoms. The Morgan fingerprint density at radius 3 is 2.07 bits per heavy atom. The first-order valence-corrected chi connectivity index (χ1v) is 6.91. The van der Waals surface area contributed by atoms with Crippen molar-refractivity contribution in [2.24, 2.45) is 0 Å². The molecule has 0 amide bonds. The smallest absolute Gasteiger partial charge is 0.0911 e. The zero-order valence-corrected chi connectivity index (χ0v) is 11.1. The molecule has 1 aromatic heterocycles. The lowest BCUT2D eigenvalue weighted by Gasteiger charge is -2.22. The van der Waals surface area contributed by atoms with E-state index in [9.17, 15) is 0 Å². The van der Waals surface area contributed by atoms with Crippen molar-refractivity contribution in [3.63, 3.8) is 0 Å². The van der Waals surface area contributed by atoms with Crippen LogP contribution in [0, 0.1) is 6.92 Å². The van der Waals surface area contributed by atoms with E-state index in [4.69, 9.17) is 0 Å². The second kappa shape index (κ2) is 6.89. The summed E-state index contributed by atoms with van der Waals surface area (Å²) in [7, 11) is 0. The van der Waals surface area contributed by atoms with Gasteiger partial charge in [0.15, 0.2) is 0 Å². The summed E-state index contributed by atoms with van der Waals surface area (Å²) in [6.07, 6.45) is 5.18. The predicted octanol–water partition coefficient (Wildman–Crippen LogP) is 4.46. The van der Waals surface area contributed by atoms with Gasteiger partial charge in [0.2, 0.25) is 0 Å². The van der Waals surface area contributed by atoms with Crippen LogP contribution >= 0.6 is 11.3 Å². The van der Waals surface area contributed by atoms with Gasteiger partial charge in [-0.2, -0.15) is 0 Å². The molecule has 1 rings (SSSR count). The van der Waals surface area contributed by atoms with Gasteiger partial charge in [0.1, 0.15) is 0 Å². The number of thiophene rings is 1. The molecule has 0 radical (unpaired) electrons. The lowest BCUT2D eigenvalue weighted by atomic mass is 10.2. The summed E-state index contributed by atoms with van der Waals surface area (Å²) in [5, 5.41) is 1.45. The Morgan fingerprint density at radius 2 is 1.67 bits per heavy atom. The standard InChI is InChI=1S/C13H23NS/c1-4-6-10-14(11-7-5-2)13-9-8-12(3)15-13/h8-9H,4-7,10-11H2,1-3H3. The number of hydrogen-bond acceptors (Lipinski definition) is 2. The van der Waals surface area contributed by atoms with Crippen LogP contribution in [0.1, 0.15) is 44.4 Å². The Morgan fingerprint density at radius 1 is 1.07 bits per heavy atom. The van der Waals surface area contributed by atoms with E-state index in [1.54, 1.807) is 0 Å². The van der Waals surface area contributed by atoms with Crippen LogP contribution in [0.5, 0.6) is 0 Å². The lowest BCUT2D eigenvalue weighted by molar-refractivity contribution is 0.682. The van der Waals surface area contributed by atoms with Gasteiger partial charge in [-0.25, -0.2) is 0 Å². The van der Waals surface area contributed by atoms with Crippen LogP contribution in [-0.2, 0) is 0 Å². The molecular weight excluding hydrogens is 202 g/mol. The monoisotopic (exact) mass is 225 g/mol. The highest BCUT2D eigenvalue weighted by molar-refractivity contribution is 7.16. The first-order chi connectivity index (χ1) is 7.27. The Bertz CT molecular complexity index is 259. The molecule has 0 aromatic carbocycles. The van der Waals surface area contributed by atoms with Gasteiger partial charge in [0.25, 0.3) is 0 Å². The highest BCUT2D eigenvalue weighted by Crippen LogP contribution is 2.25. The summed E-state index contributed by atoms with van der Waals surface area (Å²) in [6.45, 7) is 9.15. The Hall–Kier alpha value is -0.500. The van der Waals surface area contributed by atoms with Crippen molar-refractivity contribution >= 4 is 16.3 Å². The van der Waals surface area contributed by atoms with Crippen molar-refractivity contribution in [3.05, 3.63) is 17.0 Å². The van der Waals surface area contributed by atoms with Gasteiger partial charge in [0, 0.05) is 18.0 Å². The summed E-state index contributed by atoms with van der Waals surface area (Å²) in [5.41, 5.74) is 0. The molecule has 0 N–H and O–H groups in total. The summed E-state index contributed by atoms with van der Waals surface area (Å²) in [5.74, 6) is 0. The van der Waals surface area contributed by atoms with Crippen molar-refractivity contribution in [1.82, 2.24) is 0 Å². The van der Waals surface area contributed by atoms with Crippen LogP contribution in [0.4, 0.5) is 5.00 Å². The third-order valence-corrected chi connectivity index (χ3v) is 3.66. The molecule has 0 aliphatic carbocycles. The molecular formula is C13H23NS. The van der Waals surface area contributed by atoms with Crippen molar-refractivity contribution in [3.8, 4) is 0 Å². The van der Waals surface area contributed by atoms with Gasteiger partial charge in [0.05, 0.1) is 5.00 Å². The van der Waals surface area contributed by atoms with Gasteiger partial charge in [-0.15, -0.1) is 11.3 Å². The molecule has 0 aliphatic heterocycles. The maximum Gasteiger partial charge on any atom is 0.0911 e. The van der Waals surface area contributed by atoms with E-state index in [1.165, 1.54) is 48.7 Å². The first kappa shape index (κ1) is 12.6. The minimum Gasteiger partial charge on any atom is -0.363 e. The molecule has 0 aliphatic rings. The van der Waals surface area contributed by atoms with Gasteiger partial charge in [-0.3, -0.25) is 0 Å². The fraction of sp³-hybridized carbons (Fsp3) is 0.692. The molecule has 1 aromatic rings. The molecule has 1 heterocycles. The number of anilines is 1. The van der Waals surface area contributed by atoms with Crippen molar-refractivity contribution in [1.29, 1.82) is 0 Å². The number of unbranched alkanes of at least 4 members (excludes halogenated alkanes) is 2. The van der Waals surface area contributed by atoms with Gasteiger partial charge >= 0.3 is 0 Å². The molecule has 0 atom stereocenters. The number of rotatable bonds is 7. The van der Waals surface area contributed by atoms with E-state index in [1.807, 2.05) is 11.3 Å². The maximum atomic E-state index is 2.55. The average Bonchev–Trinajstić information content (AvgIpc) is 2.65. The normalized spacial score (nSPS) is 10.6. The van der Waals surface area contributed by atoms with Crippen molar-refractivity contribution in [2.45, 2.75) is 46.5 Å². The van der Waals surface area contributed by atoms with Gasteiger partial charge in [-0.05, 0) is 31.9 Å². The molecule has 86 valence electrons. The van der Waals surface area contributed by atoms with Crippen LogP contribution in [0.2, 0.25) is 0 Å². The average molecular weight is 225 g/mol. The van der Waals surface area contributed by atoms with Crippen LogP contribution in [0.15, 0.2) is 12.1 Å². The highest BCUT2D eigenvalue weighted by atomic mass is 32.1. The first-order valence-electron chi connectivity index (χ1n) is 6.09. The predicted molar refractivity (Wildman–Crippen MR) is 71.1 cm³/mol. The maximum absolute atomic E-state index is 2.55. The van der Waals surface area contributed by atoms with Gasteiger partial charge in [-0.1, -0.05) is 26.7 Å². The molecule has 0 saturated carbocycles. The quantitative estimate of drug-likeness (QED) is 0.662. The van der Waals surface area contributed by atoms with E-state index >= 15 is 0 Å². The fourth-order valence-corrected chi connectivity index (χ4v) is 2.54. The SMILES string of the molecule is CCCCN(CCCC)c1ccc(C)s1. The van der Waals surface area contributed by atoms with Crippen molar-refractivity contribution < 1.29 is 0 Å². The Kier molecular flexibility index (Phi) is 5.77. The second-order valence-corrected chi connectivity index (χ2v) is 5.34. The van der Waals surface area contributed by atoms with Crippen LogP contribution in [0.25, 0.3) is 0 Å². The van der Waals surface area contributed by atoms with E-state index in [0.717, 1.165) is 0 Å². The third-order valence-electron chi connectivity index (χ3n) is 2.60. The molecule has 2 heteroatoms. The van der Waals surface area contributed by atoms with Crippen LogP contribution < -0.4 is 4.90 Å². The Balaban J connectivity index is 2.54. The molecule has 1 nitrogen and oxygen atoms in total. The summed E-state index contributed by atoms with van der Waals surface area (Å²) in [4.78, 5) is 3.97. The van der Waals surface area contributed by atoms with E-state index in [2.05, 4.69) is 37.8 Å². The second-order valence-electron chi connectivity index (χ2n) is 4.08. The van der Waals surface area contributed by atoms with Gasteiger partial charge < -0.3 is 4.90 Å². The zero-order chi connectivity index (χ0) is 11.1. The molecule has 0 spiro atoms. The summed E-state index contributed by atoms with van der Waals surface area (Å²) < 4.78 is 0. The zero-order valence-electron chi connectivity index (χ0n) is 10.3. The fourth-order valence-electron chi connectivity index (χ4n) is 1.62. The third kappa shape index (κ3) is 4.25. The largest absolute Gasteiger partial charge is 0.363 e. The topological polar surface area (TPSA) is 3.24 Å². The molecule has 0 saturated heterocycles. The minimum absolute atomic E-state index is 1.22. The lowest BCUT2D eigenvalue weighted by Crippen LogP contribution is -2.24. The van der Waals surface area contributed by atoms with E-state index < -0.39 is 0 Å². The van der Waals surface area contributed by atoms with E-state index in [-0.39, 0.29) is 0 Å². The Labute approximate surface area is 98.1 Å². The molecule has 0 unspecified atom stereocenters. The molecule has 0 fully saturated rings. The van der Waals surface area contributed by atoms with Crippen LogP contribution in [-0.4, -0.2) is 13.1 Å². The number of aryl methyl sites for hydroxylation is 1. The summed E-state index contributed by atoms with van der Waals surface area (Å²) >= 11 is 1.92. The minimum atomic E-state index is 1.22. The van der Waals surface area contributed by atoms with Crippen LogP contribution in [0.3, 0.4) is 0 Å². The number of hydrogen-bond donors (Lipinski definition) is 0. The number of nitrogens with zero attached hydrogens (tertiary/aromatic N) is 1.